The first-order chi connectivity index (χ1) is 17.0. The number of fused-ring (bicyclic) bond motifs is 1. The molecule has 35 heavy (non-hydrogen) atoms. The van der Waals surface area contributed by atoms with Crippen LogP contribution in [-0.4, -0.2) is 41.3 Å². The second-order valence-electron chi connectivity index (χ2n) is 9.42. The van der Waals surface area contributed by atoms with E-state index in [1.807, 2.05) is 42.6 Å². The zero-order valence-corrected chi connectivity index (χ0v) is 20.8. The maximum absolute atomic E-state index is 12.8. The van der Waals surface area contributed by atoms with Crippen molar-refractivity contribution in [3.63, 3.8) is 0 Å². The number of nitrogens with zero attached hydrogens (tertiary/aromatic N) is 3. The highest BCUT2D eigenvalue weighted by Crippen LogP contribution is 2.26. The molecule has 0 saturated carbocycles. The van der Waals surface area contributed by atoms with Crippen LogP contribution in [0.25, 0.3) is 11.4 Å². The number of sulfonamides is 1. The molecule has 1 aromatic heterocycles. The van der Waals surface area contributed by atoms with Gasteiger partial charge in [0.15, 0.2) is 0 Å². The highest BCUT2D eigenvalue weighted by atomic mass is 32.2. The number of aromatic nitrogens is 2. The van der Waals surface area contributed by atoms with Crippen molar-refractivity contribution in [2.75, 3.05) is 18.4 Å². The average Bonchev–Trinajstić information content (AvgIpc) is 3.33. The van der Waals surface area contributed by atoms with Gasteiger partial charge in [0, 0.05) is 49.2 Å². The molecule has 2 aliphatic heterocycles. The molecule has 0 spiro atoms. The number of anilines is 1. The Morgan fingerprint density at radius 2 is 1.60 bits per heavy atom. The monoisotopic (exact) mass is 492 g/mol. The van der Waals surface area contributed by atoms with Crippen molar-refractivity contribution < 1.29 is 13.2 Å². The molecule has 0 aliphatic carbocycles. The summed E-state index contributed by atoms with van der Waals surface area (Å²) in [6.07, 6.45) is 9.25. The fourth-order valence-corrected chi connectivity index (χ4v) is 6.45. The first kappa shape index (κ1) is 23.8. The lowest BCUT2D eigenvalue weighted by atomic mass is 10.1. The first-order valence-electron chi connectivity index (χ1n) is 12.5. The van der Waals surface area contributed by atoms with E-state index in [0.717, 1.165) is 54.9 Å². The molecule has 3 heterocycles. The van der Waals surface area contributed by atoms with Crippen molar-refractivity contribution in [3.8, 4) is 11.4 Å². The minimum Gasteiger partial charge on any atom is -0.328 e. The van der Waals surface area contributed by atoms with Crippen molar-refractivity contribution in [2.45, 2.75) is 62.8 Å². The van der Waals surface area contributed by atoms with Crippen LogP contribution in [-0.2, 0) is 34.2 Å². The lowest BCUT2D eigenvalue weighted by molar-refractivity contribution is -0.116. The van der Waals surface area contributed by atoms with Crippen LogP contribution < -0.4 is 5.32 Å². The second kappa shape index (κ2) is 10.3. The van der Waals surface area contributed by atoms with Gasteiger partial charge in [0.2, 0.25) is 15.9 Å². The molecule has 1 fully saturated rings. The van der Waals surface area contributed by atoms with E-state index >= 15 is 0 Å². The van der Waals surface area contributed by atoms with Crippen LogP contribution >= 0.6 is 0 Å². The molecule has 8 heteroatoms. The van der Waals surface area contributed by atoms with Crippen molar-refractivity contribution in [3.05, 3.63) is 66.0 Å². The predicted molar refractivity (Wildman–Crippen MR) is 137 cm³/mol. The molecule has 0 atom stereocenters. The number of imidazole rings is 1. The Morgan fingerprint density at radius 1 is 0.886 bits per heavy atom. The molecule has 7 nitrogen and oxygen atoms in total. The van der Waals surface area contributed by atoms with E-state index < -0.39 is 10.0 Å². The van der Waals surface area contributed by atoms with Crippen molar-refractivity contribution in [2.24, 2.45) is 0 Å². The van der Waals surface area contributed by atoms with E-state index in [9.17, 15) is 13.2 Å². The van der Waals surface area contributed by atoms with Gasteiger partial charge in [0.1, 0.15) is 5.82 Å². The summed E-state index contributed by atoms with van der Waals surface area (Å²) in [5.41, 5.74) is 4.04. The van der Waals surface area contributed by atoms with Crippen LogP contribution in [0.5, 0.6) is 0 Å². The van der Waals surface area contributed by atoms with E-state index in [2.05, 4.69) is 14.9 Å². The summed E-state index contributed by atoms with van der Waals surface area (Å²) in [6.45, 7) is 2.19. The number of nitrogens with one attached hydrogen (secondary N) is 1. The van der Waals surface area contributed by atoms with Gasteiger partial charge < -0.3 is 9.88 Å². The largest absolute Gasteiger partial charge is 0.328 e. The van der Waals surface area contributed by atoms with Crippen molar-refractivity contribution in [1.82, 2.24) is 13.9 Å². The third kappa shape index (κ3) is 5.33. The molecule has 0 unspecified atom stereocenters. The van der Waals surface area contributed by atoms with Gasteiger partial charge >= 0.3 is 0 Å². The first-order valence-corrected chi connectivity index (χ1v) is 14.0. The van der Waals surface area contributed by atoms with Gasteiger partial charge in [-0.15, -0.1) is 0 Å². The predicted octanol–water partition coefficient (Wildman–Crippen LogP) is 4.63. The molecule has 3 aromatic rings. The molecule has 2 aliphatic rings. The third-order valence-corrected chi connectivity index (χ3v) is 8.86. The van der Waals surface area contributed by atoms with Gasteiger partial charge in [-0.05, 0) is 80.5 Å². The number of hydrogen-bond donors (Lipinski definition) is 1. The fraction of sp³-hybridized carbons (Fsp3) is 0.407. The standard InChI is InChI=1S/C27H32N4O3S/c32-26(16-9-21-7-14-25(15-8-21)35(33,34)30-17-3-1-4-18-30)29-23-12-10-22(11-13-23)27-28-20-24-6-2-5-19-31(24)27/h7-8,10-15,20H,1-6,9,16-19H2,(H,29,32). The van der Waals surface area contributed by atoms with Crippen molar-refractivity contribution >= 4 is 21.6 Å². The van der Waals surface area contributed by atoms with E-state index in [0.29, 0.717) is 30.8 Å². The fourth-order valence-electron chi connectivity index (χ4n) is 4.93. The number of hydrogen-bond acceptors (Lipinski definition) is 4. The topological polar surface area (TPSA) is 84.3 Å². The maximum atomic E-state index is 12.8. The molecule has 1 N–H and O–H groups in total. The number of carbonyl (C=O) groups is 1. The minimum absolute atomic E-state index is 0.0686. The number of carbonyl (C=O) groups excluding carboxylic acids is 1. The number of aryl methyl sites for hydroxylation is 2. The highest BCUT2D eigenvalue weighted by Gasteiger charge is 2.25. The van der Waals surface area contributed by atoms with Gasteiger partial charge in [-0.1, -0.05) is 18.6 Å². The summed E-state index contributed by atoms with van der Waals surface area (Å²) < 4.78 is 29.5. The molecule has 0 radical (unpaired) electrons. The highest BCUT2D eigenvalue weighted by molar-refractivity contribution is 7.89. The summed E-state index contributed by atoms with van der Waals surface area (Å²) >= 11 is 0. The zero-order valence-electron chi connectivity index (χ0n) is 19.9. The number of amides is 1. The number of piperidine rings is 1. The summed E-state index contributed by atoms with van der Waals surface area (Å²) in [7, 11) is -3.43. The van der Waals surface area contributed by atoms with Gasteiger partial charge in [-0.25, -0.2) is 13.4 Å². The Balaban J connectivity index is 1.15. The molecular weight excluding hydrogens is 460 g/mol. The summed E-state index contributed by atoms with van der Waals surface area (Å²) in [5, 5.41) is 2.96. The number of benzene rings is 2. The lowest BCUT2D eigenvalue weighted by Gasteiger charge is -2.25. The Bertz CT molecular complexity index is 1270. The summed E-state index contributed by atoms with van der Waals surface area (Å²) in [5.74, 6) is 0.921. The molecular formula is C27H32N4O3S. The van der Waals surface area contributed by atoms with Crippen LogP contribution in [0.1, 0.15) is 49.8 Å². The molecule has 184 valence electrons. The van der Waals surface area contributed by atoms with Crippen molar-refractivity contribution in [1.29, 1.82) is 0 Å². The normalized spacial score (nSPS) is 16.6. The SMILES string of the molecule is O=C(CCc1ccc(S(=O)(=O)N2CCCCC2)cc1)Nc1ccc(-c2ncc3n2CCCC3)cc1. The molecule has 1 amide bonds. The number of rotatable bonds is 7. The molecule has 1 saturated heterocycles. The molecule has 5 rings (SSSR count). The van der Waals surface area contributed by atoms with Crippen LogP contribution in [0.2, 0.25) is 0 Å². The summed E-state index contributed by atoms with van der Waals surface area (Å²) in [4.78, 5) is 17.4. The van der Waals surface area contributed by atoms with Gasteiger partial charge in [-0.3, -0.25) is 4.79 Å². The minimum atomic E-state index is -3.43. The van der Waals surface area contributed by atoms with Gasteiger partial charge in [0.25, 0.3) is 0 Å². The Hall–Kier alpha value is -2.97. The van der Waals surface area contributed by atoms with Gasteiger partial charge in [0.05, 0.1) is 4.90 Å². The van der Waals surface area contributed by atoms with E-state index in [-0.39, 0.29) is 5.91 Å². The average molecular weight is 493 g/mol. The molecule has 0 bridgehead atoms. The smallest absolute Gasteiger partial charge is 0.243 e. The lowest BCUT2D eigenvalue weighted by Crippen LogP contribution is -2.35. The van der Waals surface area contributed by atoms with Crippen LogP contribution in [0.15, 0.2) is 59.6 Å². The van der Waals surface area contributed by atoms with E-state index in [4.69, 9.17) is 0 Å². The van der Waals surface area contributed by atoms with E-state index in [1.54, 1.807) is 16.4 Å². The Kier molecular flexibility index (Phi) is 7.02. The quantitative estimate of drug-likeness (QED) is 0.521. The Morgan fingerprint density at radius 3 is 2.34 bits per heavy atom. The van der Waals surface area contributed by atoms with Gasteiger partial charge in [-0.2, -0.15) is 4.31 Å². The van der Waals surface area contributed by atoms with Crippen LogP contribution in [0.4, 0.5) is 5.69 Å². The maximum Gasteiger partial charge on any atom is 0.243 e. The summed E-state index contributed by atoms with van der Waals surface area (Å²) in [6, 6.07) is 14.8. The third-order valence-electron chi connectivity index (χ3n) is 6.95. The second-order valence-corrected chi connectivity index (χ2v) is 11.4. The van der Waals surface area contributed by atoms with E-state index in [1.165, 1.54) is 18.5 Å². The Labute approximate surface area is 207 Å². The zero-order chi connectivity index (χ0) is 24.3. The van der Waals surface area contributed by atoms with Crippen LogP contribution in [0.3, 0.4) is 0 Å². The van der Waals surface area contributed by atoms with Crippen LogP contribution in [0, 0.1) is 0 Å². The molecule has 2 aromatic carbocycles.